The van der Waals surface area contributed by atoms with E-state index in [-0.39, 0.29) is 18.9 Å². The lowest BCUT2D eigenvalue weighted by atomic mass is 10.2. The summed E-state index contributed by atoms with van der Waals surface area (Å²) in [6.07, 6.45) is 4.45. The number of rotatable bonds is 21. The number of hydrogen-bond acceptors (Lipinski definition) is 9. The van der Waals surface area contributed by atoms with Crippen molar-refractivity contribution in [3.63, 3.8) is 0 Å². The number of esters is 1. The van der Waals surface area contributed by atoms with E-state index in [0.29, 0.717) is 79.1 Å². The highest BCUT2D eigenvalue weighted by Gasteiger charge is 2.13. The van der Waals surface area contributed by atoms with Gasteiger partial charge in [0.25, 0.3) is 0 Å². The average Bonchev–Trinajstić information content (AvgIpc) is 2.76. The van der Waals surface area contributed by atoms with Gasteiger partial charge in [-0.15, -0.1) is 0 Å². The fraction of sp³-hybridized carbons (Fsp3) is 0.952. The highest BCUT2D eigenvalue weighted by Crippen LogP contribution is 2.13. The van der Waals surface area contributed by atoms with E-state index in [0.717, 1.165) is 25.9 Å². The third-order valence-corrected chi connectivity index (χ3v) is 4.10. The van der Waals surface area contributed by atoms with Gasteiger partial charge in [-0.1, -0.05) is 6.92 Å². The van der Waals surface area contributed by atoms with Crippen LogP contribution in [0, 0.1) is 0 Å². The van der Waals surface area contributed by atoms with Crippen molar-refractivity contribution in [2.75, 3.05) is 85.9 Å². The van der Waals surface area contributed by atoms with Crippen LogP contribution in [0.1, 0.15) is 39.0 Å². The van der Waals surface area contributed by atoms with Crippen LogP contribution in [0.3, 0.4) is 0 Å². The van der Waals surface area contributed by atoms with E-state index in [1.54, 1.807) is 0 Å². The van der Waals surface area contributed by atoms with Gasteiger partial charge in [-0.2, -0.15) is 0 Å². The second kappa shape index (κ2) is 21.4. The molecule has 9 heteroatoms. The summed E-state index contributed by atoms with van der Waals surface area (Å²) in [5.74, 6) is -0.180. The van der Waals surface area contributed by atoms with Crippen molar-refractivity contribution in [1.82, 2.24) is 0 Å². The molecule has 1 unspecified atom stereocenters. The minimum atomic E-state index is -0.180. The Balaban J connectivity index is 1.66. The normalized spacial score (nSPS) is 16.6. The van der Waals surface area contributed by atoms with Gasteiger partial charge in [-0.3, -0.25) is 4.79 Å². The molecule has 0 spiro atoms. The van der Waals surface area contributed by atoms with Crippen LogP contribution in [-0.2, 0) is 42.7 Å². The molecule has 1 rings (SSSR count). The molecule has 1 heterocycles. The van der Waals surface area contributed by atoms with Gasteiger partial charge in [0.15, 0.2) is 6.29 Å². The van der Waals surface area contributed by atoms with Crippen LogP contribution in [0.15, 0.2) is 0 Å². The first-order chi connectivity index (χ1) is 14.8. The second-order valence-electron chi connectivity index (χ2n) is 6.70. The molecule has 1 fully saturated rings. The summed E-state index contributed by atoms with van der Waals surface area (Å²) >= 11 is 0. The minimum absolute atomic E-state index is 0.0610. The van der Waals surface area contributed by atoms with Gasteiger partial charge in [-0.05, 0) is 25.7 Å². The molecule has 1 aliphatic heterocycles. The Kier molecular flexibility index (Phi) is 19.4. The Bertz CT molecular complexity index is 375. The molecule has 0 aliphatic carbocycles. The standard InChI is InChI=1S/C21H40O9/c1-2-5-20(22)28-18-16-26-14-12-24-10-8-23-9-11-25-13-15-27-17-19-30-21-6-3-4-7-29-21/h21H,2-19H2,1H3. The Hall–Kier alpha value is -0.810. The van der Waals surface area contributed by atoms with Crippen LogP contribution in [0.25, 0.3) is 0 Å². The van der Waals surface area contributed by atoms with Crippen molar-refractivity contribution in [1.29, 1.82) is 0 Å². The smallest absolute Gasteiger partial charge is 0.305 e. The fourth-order valence-electron chi connectivity index (χ4n) is 2.55. The van der Waals surface area contributed by atoms with Gasteiger partial charge in [0, 0.05) is 13.0 Å². The molecule has 30 heavy (non-hydrogen) atoms. The quantitative estimate of drug-likeness (QED) is 0.198. The first-order valence-electron chi connectivity index (χ1n) is 11.1. The van der Waals surface area contributed by atoms with Crippen LogP contribution in [0.2, 0.25) is 0 Å². The maximum Gasteiger partial charge on any atom is 0.305 e. The van der Waals surface area contributed by atoms with Gasteiger partial charge in [0.1, 0.15) is 6.61 Å². The van der Waals surface area contributed by atoms with Crippen LogP contribution in [-0.4, -0.2) is 98.1 Å². The van der Waals surface area contributed by atoms with Crippen LogP contribution < -0.4 is 0 Å². The lowest BCUT2D eigenvalue weighted by Gasteiger charge is -2.22. The van der Waals surface area contributed by atoms with Gasteiger partial charge in [0.2, 0.25) is 0 Å². The zero-order chi connectivity index (χ0) is 21.5. The van der Waals surface area contributed by atoms with Gasteiger partial charge >= 0.3 is 5.97 Å². The second-order valence-corrected chi connectivity index (χ2v) is 6.70. The molecule has 0 aromatic heterocycles. The number of carbonyl (C=O) groups excluding carboxylic acids is 1. The SMILES string of the molecule is CCCC(=O)OCCOCCOCCOCCOCCOCCOC1CCCCO1. The third-order valence-electron chi connectivity index (χ3n) is 4.10. The van der Waals surface area contributed by atoms with Gasteiger partial charge in [0.05, 0.1) is 72.7 Å². The Morgan fingerprint density at radius 1 is 0.733 bits per heavy atom. The number of hydrogen-bond donors (Lipinski definition) is 0. The van der Waals surface area contributed by atoms with Crippen molar-refractivity contribution < 1.29 is 42.7 Å². The molecule has 0 aromatic carbocycles. The van der Waals surface area contributed by atoms with E-state index in [1.807, 2.05) is 6.92 Å². The molecule has 0 aromatic rings. The summed E-state index contributed by atoms with van der Waals surface area (Å²) in [5, 5.41) is 0. The molecule has 1 atom stereocenters. The molecule has 0 saturated carbocycles. The van der Waals surface area contributed by atoms with Crippen molar-refractivity contribution in [3.8, 4) is 0 Å². The molecular weight excluding hydrogens is 396 g/mol. The van der Waals surface area contributed by atoms with Crippen LogP contribution >= 0.6 is 0 Å². The first-order valence-corrected chi connectivity index (χ1v) is 11.1. The van der Waals surface area contributed by atoms with E-state index in [4.69, 9.17) is 37.9 Å². The lowest BCUT2D eigenvalue weighted by molar-refractivity contribution is -0.169. The molecule has 0 amide bonds. The van der Waals surface area contributed by atoms with E-state index in [2.05, 4.69) is 0 Å². The Labute approximate surface area is 180 Å². The highest BCUT2D eigenvalue weighted by atomic mass is 16.7. The van der Waals surface area contributed by atoms with Crippen molar-refractivity contribution in [2.24, 2.45) is 0 Å². The zero-order valence-electron chi connectivity index (χ0n) is 18.5. The summed E-state index contributed by atoms with van der Waals surface area (Å²) in [6, 6.07) is 0. The van der Waals surface area contributed by atoms with E-state index in [1.165, 1.54) is 6.42 Å². The van der Waals surface area contributed by atoms with Crippen molar-refractivity contribution in [2.45, 2.75) is 45.3 Å². The van der Waals surface area contributed by atoms with E-state index >= 15 is 0 Å². The number of ether oxygens (including phenoxy) is 8. The highest BCUT2D eigenvalue weighted by molar-refractivity contribution is 5.69. The third kappa shape index (κ3) is 18.0. The summed E-state index contributed by atoms with van der Waals surface area (Å²) < 4.78 is 43.0. The van der Waals surface area contributed by atoms with Crippen LogP contribution in [0.5, 0.6) is 0 Å². The monoisotopic (exact) mass is 436 g/mol. The van der Waals surface area contributed by atoms with Gasteiger partial charge < -0.3 is 37.9 Å². The largest absolute Gasteiger partial charge is 0.463 e. The summed E-state index contributed by atoms with van der Waals surface area (Å²) in [4.78, 5) is 11.1. The molecular formula is C21H40O9. The molecule has 1 saturated heterocycles. The Morgan fingerprint density at radius 3 is 1.70 bits per heavy atom. The van der Waals surface area contributed by atoms with E-state index < -0.39 is 0 Å². The maximum absolute atomic E-state index is 11.1. The van der Waals surface area contributed by atoms with Gasteiger partial charge in [-0.25, -0.2) is 0 Å². The molecule has 0 radical (unpaired) electrons. The minimum Gasteiger partial charge on any atom is -0.463 e. The summed E-state index contributed by atoms with van der Waals surface area (Å²) in [5.41, 5.74) is 0. The zero-order valence-corrected chi connectivity index (χ0v) is 18.5. The molecule has 0 bridgehead atoms. The fourth-order valence-corrected chi connectivity index (χ4v) is 2.55. The Morgan fingerprint density at radius 2 is 1.23 bits per heavy atom. The molecule has 1 aliphatic rings. The molecule has 9 nitrogen and oxygen atoms in total. The summed E-state index contributed by atoms with van der Waals surface area (Å²) in [6.45, 7) is 8.57. The topological polar surface area (TPSA) is 90.9 Å². The maximum atomic E-state index is 11.1. The lowest BCUT2D eigenvalue weighted by Crippen LogP contribution is -2.24. The van der Waals surface area contributed by atoms with E-state index in [9.17, 15) is 4.79 Å². The van der Waals surface area contributed by atoms with Crippen molar-refractivity contribution >= 4 is 5.97 Å². The summed E-state index contributed by atoms with van der Waals surface area (Å²) in [7, 11) is 0. The first kappa shape index (κ1) is 27.2. The predicted molar refractivity (Wildman–Crippen MR) is 110 cm³/mol. The average molecular weight is 437 g/mol. The predicted octanol–water partition coefficient (Wildman–Crippen LogP) is 1.96. The van der Waals surface area contributed by atoms with Crippen LogP contribution in [0.4, 0.5) is 0 Å². The number of carbonyl (C=O) groups is 1. The molecule has 0 N–H and O–H groups in total. The molecule has 178 valence electrons. The van der Waals surface area contributed by atoms with Crippen molar-refractivity contribution in [3.05, 3.63) is 0 Å².